The number of aromatic nitrogens is 2. The number of nitrogens with one attached hydrogen (secondary N) is 1. The Bertz CT molecular complexity index is 616. The number of hydrogen-bond acceptors (Lipinski definition) is 3. The van der Waals surface area contributed by atoms with Gasteiger partial charge in [-0.05, 0) is 60.0 Å². The van der Waals surface area contributed by atoms with E-state index in [4.69, 9.17) is 0 Å². The van der Waals surface area contributed by atoms with Gasteiger partial charge in [0.25, 0.3) is 0 Å². The summed E-state index contributed by atoms with van der Waals surface area (Å²) in [5, 5.41) is 3.24. The van der Waals surface area contributed by atoms with E-state index in [1.165, 1.54) is 6.07 Å². The first-order chi connectivity index (χ1) is 10.1. The minimum atomic E-state index is -0.212. The van der Waals surface area contributed by atoms with Crippen LogP contribution in [0.4, 0.5) is 10.2 Å². The number of benzene rings is 1. The molecule has 1 N–H and O–H groups in total. The lowest BCUT2D eigenvalue weighted by atomic mass is 10.1. The van der Waals surface area contributed by atoms with Crippen molar-refractivity contribution < 1.29 is 4.39 Å². The first-order valence-corrected chi connectivity index (χ1v) is 7.92. The number of nitrogens with zero attached hydrogens (tertiary/aromatic N) is 2. The second-order valence-corrected chi connectivity index (χ2v) is 5.69. The lowest BCUT2D eigenvalue weighted by Crippen LogP contribution is -2.06. The van der Waals surface area contributed by atoms with Gasteiger partial charge in [0.1, 0.15) is 11.6 Å². The highest BCUT2D eigenvalue weighted by Gasteiger charge is 2.13. The van der Waals surface area contributed by atoms with Crippen LogP contribution in [0.1, 0.15) is 31.5 Å². The molecule has 0 radical (unpaired) electrons. The summed E-state index contributed by atoms with van der Waals surface area (Å²) >= 11 is 3.57. The van der Waals surface area contributed by atoms with Crippen LogP contribution in [0.5, 0.6) is 0 Å². The zero-order valence-electron chi connectivity index (χ0n) is 12.5. The van der Waals surface area contributed by atoms with Gasteiger partial charge in [0.15, 0.2) is 5.82 Å². The maximum Gasteiger partial charge on any atom is 0.161 e. The maximum absolute atomic E-state index is 13.4. The predicted octanol–water partition coefficient (Wildman–Crippen LogP) is 4.74. The molecule has 0 saturated heterocycles. The zero-order valence-corrected chi connectivity index (χ0v) is 14.1. The van der Waals surface area contributed by atoms with Crippen LogP contribution in [0.2, 0.25) is 0 Å². The molecule has 5 heteroatoms. The molecule has 0 aliphatic carbocycles. The molecule has 1 aromatic carbocycles. The third kappa shape index (κ3) is 3.59. The van der Waals surface area contributed by atoms with Crippen LogP contribution in [0.15, 0.2) is 22.7 Å². The molecule has 2 aromatic rings. The quantitative estimate of drug-likeness (QED) is 0.845. The van der Waals surface area contributed by atoms with Crippen LogP contribution in [0.3, 0.4) is 0 Å². The Hall–Kier alpha value is -1.49. The summed E-state index contributed by atoms with van der Waals surface area (Å²) in [4.78, 5) is 9.18. The Morgan fingerprint density at radius 3 is 2.62 bits per heavy atom. The summed E-state index contributed by atoms with van der Waals surface area (Å²) in [6, 6.07) is 4.96. The number of halogens is 2. The highest BCUT2D eigenvalue weighted by molar-refractivity contribution is 9.10. The standard InChI is InChI=1S/C16H19BrFN3/c1-4-6-13-14(17)16(19-5-2)21-15(20-13)11-7-8-12(18)10(3)9-11/h7-9H,4-6H2,1-3H3,(H,19,20,21). The fourth-order valence-corrected chi connectivity index (χ4v) is 2.61. The molecule has 0 atom stereocenters. The van der Waals surface area contributed by atoms with Crippen molar-refractivity contribution in [3.63, 3.8) is 0 Å². The van der Waals surface area contributed by atoms with E-state index < -0.39 is 0 Å². The van der Waals surface area contributed by atoms with Crippen molar-refractivity contribution in [2.75, 3.05) is 11.9 Å². The summed E-state index contributed by atoms with van der Waals surface area (Å²) < 4.78 is 14.3. The number of aryl methyl sites for hydroxylation is 2. The first kappa shape index (κ1) is 15.9. The van der Waals surface area contributed by atoms with Crippen molar-refractivity contribution in [3.8, 4) is 11.4 Å². The topological polar surface area (TPSA) is 37.8 Å². The SMILES string of the molecule is CCCc1nc(-c2ccc(F)c(C)c2)nc(NCC)c1Br. The van der Waals surface area contributed by atoms with Gasteiger partial charge in [-0.2, -0.15) is 0 Å². The van der Waals surface area contributed by atoms with Crippen LogP contribution >= 0.6 is 15.9 Å². The monoisotopic (exact) mass is 351 g/mol. The van der Waals surface area contributed by atoms with Gasteiger partial charge in [-0.3, -0.25) is 0 Å². The first-order valence-electron chi connectivity index (χ1n) is 7.13. The van der Waals surface area contributed by atoms with Crippen molar-refractivity contribution in [2.45, 2.75) is 33.6 Å². The van der Waals surface area contributed by atoms with E-state index in [1.807, 2.05) is 6.92 Å². The van der Waals surface area contributed by atoms with Crippen LogP contribution in [0.25, 0.3) is 11.4 Å². The Kier molecular flexibility index (Phi) is 5.28. The molecule has 0 unspecified atom stereocenters. The van der Waals surface area contributed by atoms with Gasteiger partial charge in [-0.15, -0.1) is 0 Å². The molecule has 0 amide bonds. The summed E-state index contributed by atoms with van der Waals surface area (Å²) in [5.41, 5.74) is 2.40. The fraction of sp³-hybridized carbons (Fsp3) is 0.375. The minimum absolute atomic E-state index is 0.212. The molecule has 1 heterocycles. The highest BCUT2D eigenvalue weighted by atomic mass is 79.9. The molecule has 1 aromatic heterocycles. The van der Waals surface area contributed by atoms with E-state index in [-0.39, 0.29) is 5.82 Å². The second-order valence-electron chi connectivity index (χ2n) is 4.90. The van der Waals surface area contributed by atoms with Gasteiger partial charge < -0.3 is 5.32 Å². The third-order valence-electron chi connectivity index (χ3n) is 3.17. The normalized spacial score (nSPS) is 10.7. The Morgan fingerprint density at radius 2 is 2.00 bits per heavy atom. The van der Waals surface area contributed by atoms with Crippen LogP contribution < -0.4 is 5.32 Å². The lowest BCUT2D eigenvalue weighted by molar-refractivity contribution is 0.618. The van der Waals surface area contributed by atoms with Crippen molar-refractivity contribution in [3.05, 3.63) is 39.7 Å². The fourth-order valence-electron chi connectivity index (χ4n) is 2.09. The molecule has 0 aliphatic rings. The molecule has 2 rings (SSSR count). The van der Waals surface area contributed by atoms with E-state index in [2.05, 4.69) is 38.1 Å². The Balaban J connectivity index is 2.53. The van der Waals surface area contributed by atoms with Gasteiger partial charge in [0.2, 0.25) is 0 Å². The van der Waals surface area contributed by atoms with Gasteiger partial charge in [0.05, 0.1) is 10.2 Å². The van der Waals surface area contributed by atoms with E-state index in [9.17, 15) is 4.39 Å². The largest absolute Gasteiger partial charge is 0.369 e. The zero-order chi connectivity index (χ0) is 15.4. The number of anilines is 1. The molecular weight excluding hydrogens is 333 g/mol. The van der Waals surface area contributed by atoms with E-state index >= 15 is 0 Å². The summed E-state index contributed by atoms with van der Waals surface area (Å²) in [7, 11) is 0. The van der Waals surface area contributed by atoms with Crippen LogP contribution in [-0.4, -0.2) is 16.5 Å². The van der Waals surface area contributed by atoms with Crippen molar-refractivity contribution >= 4 is 21.7 Å². The second kappa shape index (κ2) is 6.98. The molecule has 112 valence electrons. The van der Waals surface area contributed by atoms with Gasteiger partial charge in [-0.25, -0.2) is 14.4 Å². The lowest BCUT2D eigenvalue weighted by Gasteiger charge is -2.12. The molecule has 0 aliphatic heterocycles. The van der Waals surface area contributed by atoms with Crippen molar-refractivity contribution in [1.29, 1.82) is 0 Å². The third-order valence-corrected chi connectivity index (χ3v) is 4.00. The molecule has 21 heavy (non-hydrogen) atoms. The molecule has 0 saturated carbocycles. The summed E-state index contributed by atoms with van der Waals surface area (Å²) in [5.74, 6) is 1.20. The van der Waals surface area contributed by atoms with E-state index in [0.29, 0.717) is 11.4 Å². The predicted molar refractivity (Wildman–Crippen MR) is 88.0 cm³/mol. The van der Waals surface area contributed by atoms with Crippen LogP contribution in [-0.2, 0) is 6.42 Å². The van der Waals surface area contributed by atoms with Crippen molar-refractivity contribution in [2.24, 2.45) is 0 Å². The van der Waals surface area contributed by atoms with Crippen LogP contribution in [0, 0.1) is 12.7 Å². The van der Waals surface area contributed by atoms with Gasteiger partial charge >= 0.3 is 0 Å². The minimum Gasteiger partial charge on any atom is -0.369 e. The Labute approximate surface area is 133 Å². The number of hydrogen-bond donors (Lipinski definition) is 1. The average molecular weight is 352 g/mol. The molecule has 0 fully saturated rings. The van der Waals surface area contributed by atoms with Gasteiger partial charge in [-0.1, -0.05) is 13.3 Å². The maximum atomic E-state index is 13.4. The van der Waals surface area contributed by atoms with E-state index in [1.54, 1.807) is 19.1 Å². The molecular formula is C16H19BrFN3. The molecule has 0 bridgehead atoms. The molecule has 3 nitrogen and oxygen atoms in total. The average Bonchev–Trinajstić information content (AvgIpc) is 2.46. The van der Waals surface area contributed by atoms with E-state index in [0.717, 1.165) is 40.9 Å². The highest BCUT2D eigenvalue weighted by Crippen LogP contribution is 2.28. The number of rotatable bonds is 5. The van der Waals surface area contributed by atoms with Crippen molar-refractivity contribution in [1.82, 2.24) is 9.97 Å². The van der Waals surface area contributed by atoms with Gasteiger partial charge in [0, 0.05) is 12.1 Å². The summed E-state index contributed by atoms with van der Waals surface area (Å²) in [6.45, 7) is 6.66. The smallest absolute Gasteiger partial charge is 0.161 e. The summed E-state index contributed by atoms with van der Waals surface area (Å²) in [6.07, 6.45) is 1.87. The molecule has 0 spiro atoms. The Morgan fingerprint density at radius 1 is 1.24 bits per heavy atom.